The van der Waals surface area contributed by atoms with Gasteiger partial charge in [-0.3, -0.25) is 4.79 Å². The lowest BCUT2D eigenvalue weighted by Gasteiger charge is -2.28. The van der Waals surface area contributed by atoms with Crippen molar-refractivity contribution in [2.75, 3.05) is 0 Å². The van der Waals surface area contributed by atoms with Crippen LogP contribution >= 0.6 is 0 Å². The molecule has 0 atom stereocenters. The number of aliphatic carboxylic acids is 1. The van der Waals surface area contributed by atoms with Crippen LogP contribution in [0.3, 0.4) is 0 Å². The molecule has 0 aliphatic heterocycles. The van der Waals surface area contributed by atoms with Crippen molar-refractivity contribution < 1.29 is 19.1 Å². The fraction of sp³-hybridized carbons (Fsp3) is 0.158. The Morgan fingerprint density at radius 2 is 1.46 bits per heavy atom. The number of carboxylic acids is 1. The third-order valence-electron chi connectivity index (χ3n) is 3.88. The van der Waals surface area contributed by atoms with E-state index >= 15 is 0 Å². The van der Waals surface area contributed by atoms with Gasteiger partial charge in [0.15, 0.2) is 0 Å². The second-order valence-electron chi connectivity index (χ2n) is 5.64. The fourth-order valence-electron chi connectivity index (χ4n) is 2.39. The third-order valence-corrected chi connectivity index (χ3v) is 7.39. The van der Waals surface area contributed by atoms with E-state index in [4.69, 9.17) is 9.53 Å². The van der Waals surface area contributed by atoms with Crippen LogP contribution in [0.15, 0.2) is 72.3 Å². The maximum atomic E-state index is 12.3. The van der Waals surface area contributed by atoms with Crippen LogP contribution in [-0.2, 0) is 14.0 Å². The summed E-state index contributed by atoms with van der Waals surface area (Å²) in [5.41, 5.74) is 0.134. The minimum Gasteiger partial charge on any atom is -0.510 e. The summed E-state index contributed by atoms with van der Waals surface area (Å²) in [6.07, 6.45) is 1.33. The third kappa shape index (κ3) is 4.20. The molecule has 2 rings (SSSR count). The van der Waals surface area contributed by atoms with E-state index in [0.29, 0.717) is 0 Å². The Kier molecular flexibility index (Phi) is 5.71. The molecule has 5 heteroatoms. The molecule has 0 amide bonds. The Labute approximate surface area is 142 Å². The number of hydrogen-bond acceptors (Lipinski definition) is 3. The van der Waals surface area contributed by atoms with Gasteiger partial charge in [-0.15, -0.1) is 0 Å². The van der Waals surface area contributed by atoms with Crippen molar-refractivity contribution in [3.63, 3.8) is 0 Å². The first kappa shape index (κ1) is 17.7. The predicted molar refractivity (Wildman–Crippen MR) is 95.9 cm³/mol. The van der Waals surface area contributed by atoms with Gasteiger partial charge in [0.25, 0.3) is 5.97 Å². The SMILES string of the molecule is CC(=CCC(=O)O[Si](C)(c1ccccc1)c1ccccc1)C(=O)O. The molecule has 0 saturated carbocycles. The lowest BCUT2D eigenvalue weighted by atomic mass is 10.2. The minimum absolute atomic E-state index is 0.0552. The van der Waals surface area contributed by atoms with Gasteiger partial charge in [0.2, 0.25) is 0 Å². The summed E-state index contributed by atoms with van der Waals surface area (Å²) in [5.74, 6) is -1.45. The second-order valence-corrected chi connectivity index (χ2v) is 9.06. The van der Waals surface area contributed by atoms with Crippen molar-refractivity contribution in [1.29, 1.82) is 0 Å². The molecule has 4 nitrogen and oxygen atoms in total. The van der Waals surface area contributed by atoms with Crippen LogP contribution in [-0.4, -0.2) is 25.4 Å². The van der Waals surface area contributed by atoms with E-state index in [1.165, 1.54) is 13.0 Å². The maximum Gasteiger partial charge on any atom is 0.330 e. The molecule has 0 aliphatic carbocycles. The number of benzene rings is 2. The van der Waals surface area contributed by atoms with Crippen LogP contribution in [0.5, 0.6) is 0 Å². The summed E-state index contributed by atoms with van der Waals surface area (Å²) in [5, 5.41) is 10.9. The molecule has 1 N–H and O–H groups in total. The Morgan fingerprint density at radius 1 is 1.00 bits per heavy atom. The monoisotopic (exact) mass is 340 g/mol. The van der Waals surface area contributed by atoms with Crippen molar-refractivity contribution in [1.82, 2.24) is 0 Å². The standard InChI is InChI=1S/C19H20O4Si/c1-15(19(21)22)13-14-18(20)23-24(2,16-9-5-3-6-10-16)17-11-7-4-8-12-17/h3-13H,14H2,1-2H3,(H,21,22). The van der Waals surface area contributed by atoms with E-state index < -0.39 is 20.3 Å². The van der Waals surface area contributed by atoms with Crippen molar-refractivity contribution >= 4 is 30.6 Å². The molecule has 0 aliphatic rings. The van der Waals surface area contributed by atoms with Gasteiger partial charge in [-0.05, 0) is 23.8 Å². The molecule has 0 unspecified atom stereocenters. The maximum absolute atomic E-state index is 12.3. The quantitative estimate of drug-likeness (QED) is 0.648. The molecule has 24 heavy (non-hydrogen) atoms. The zero-order valence-corrected chi connectivity index (χ0v) is 14.7. The van der Waals surface area contributed by atoms with Crippen LogP contribution in [0, 0.1) is 0 Å². The molecule has 0 heterocycles. The summed E-state index contributed by atoms with van der Waals surface area (Å²) in [4.78, 5) is 23.1. The highest BCUT2D eigenvalue weighted by Crippen LogP contribution is 2.10. The highest BCUT2D eigenvalue weighted by molar-refractivity contribution is 6.97. The van der Waals surface area contributed by atoms with Crippen LogP contribution in [0.2, 0.25) is 6.55 Å². The summed E-state index contributed by atoms with van der Waals surface area (Å²) in [6.45, 7) is 3.43. The first-order chi connectivity index (χ1) is 11.4. The van der Waals surface area contributed by atoms with Crippen molar-refractivity contribution in [2.24, 2.45) is 0 Å². The lowest BCUT2D eigenvalue weighted by molar-refractivity contribution is -0.133. The van der Waals surface area contributed by atoms with E-state index in [2.05, 4.69) is 0 Å². The summed E-state index contributed by atoms with van der Waals surface area (Å²) >= 11 is 0. The average Bonchev–Trinajstić information content (AvgIpc) is 2.61. The van der Waals surface area contributed by atoms with E-state index in [1.54, 1.807) is 0 Å². The topological polar surface area (TPSA) is 63.6 Å². The molecular formula is C19H20O4Si. The molecule has 124 valence electrons. The summed E-state index contributed by atoms with van der Waals surface area (Å²) in [7, 11) is -2.69. The van der Waals surface area contributed by atoms with Gasteiger partial charge in [0.1, 0.15) is 0 Å². The van der Waals surface area contributed by atoms with Gasteiger partial charge < -0.3 is 9.53 Å². The zero-order chi connectivity index (χ0) is 17.6. The van der Waals surface area contributed by atoms with Crippen LogP contribution in [0.25, 0.3) is 0 Å². The van der Waals surface area contributed by atoms with Crippen LogP contribution in [0.4, 0.5) is 0 Å². The Morgan fingerprint density at radius 3 is 1.88 bits per heavy atom. The number of rotatable bonds is 6. The van der Waals surface area contributed by atoms with Crippen molar-refractivity contribution in [3.8, 4) is 0 Å². The first-order valence-electron chi connectivity index (χ1n) is 7.66. The zero-order valence-electron chi connectivity index (χ0n) is 13.7. The number of carboxylic acid groups (broad SMARTS) is 1. The first-order valence-corrected chi connectivity index (χ1v) is 10.1. The van der Waals surface area contributed by atoms with E-state index in [0.717, 1.165) is 10.4 Å². The fourth-order valence-corrected chi connectivity index (χ4v) is 5.15. The van der Waals surface area contributed by atoms with Crippen molar-refractivity contribution in [2.45, 2.75) is 19.9 Å². The normalized spacial score (nSPS) is 11.8. The molecule has 0 radical (unpaired) electrons. The molecule has 0 fully saturated rings. The van der Waals surface area contributed by atoms with Gasteiger partial charge in [-0.25, -0.2) is 4.79 Å². The van der Waals surface area contributed by atoms with E-state index in [-0.39, 0.29) is 12.0 Å². The van der Waals surface area contributed by atoms with E-state index in [9.17, 15) is 9.59 Å². The summed E-state index contributed by atoms with van der Waals surface area (Å²) < 4.78 is 5.90. The largest absolute Gasteiger partial charge is 0.510 e. The van der Waals surface area contributed by atoms with Gasteiger partial charge in [0.05, 0.1) is 6.42 Å². The Bertz CT molecular complexity index is 699. The van der Waals surface area contributed by atoms with Crippen LogP contribution in [0.1, 0.15) is 13.3 Å². The smallest absolute Gasteiger partial charge is 0.330 e. The summed E-state index contributed by atoms with van der Waals surface area (Å²) in [6, 6.07) is 19.4. The van der Waals surface area contributed by atoms with Gasteiger partial charge in [-0.2, -0.15) is 0 Å². The van der Waals surface area contributed by atoms with Crippen LogP contribution < -0.4 is 10.4 Å². The average molecular weight is 340 g/mol. The minimum atomic E-state index is -2.69. The second kappa shape index (κ2) is 7.74. The van der Waals surface area contributed by atoms with Gasteiger partial charge in [-0.1, -0.05) is 66.7 Å². The molecule has 0 spiro atoms. The highest BCUT2D eigenvalue weighted by atomic mass is 28.4. The highest BCUT2D eigenvalue weighted by Gasteiger charge is 2.37. The Balaban J connectivity index is 2.30. The molecule has 0 aromatic heterocycles. The predicted octanol–water partition coefficient (Wildman–Crippen LogP) is 2.34. The van der Waals surface area contributed by atoms with Gasteiger partial charge >= 0.3 is 14.3 Å². The van der Waals surface area contributed by atoms with Crippen molar-refractivity contribution in [3.05, 3.63) is 72.3 Å². The Hall–Kier alpha value is -2.66. The number of hydrogen-bond donors (Lipinski definition) is 1. The molecule has 2 aromatic carbocycles. The molecule has 0 saturated heterocycles. The molecule has 2 aromatic rings. The molecular weight excluding hydrogens is 320 g/mol. The number of carbonyl (C=O) groups is 2. The van der Waals surface area contributed by atoms with E-state index in [1.807, 2.05) is 67.2 Å². The molecule has 0 bridgehead atoms. The number of carbonyl (C=O) groups excluding carboxylic acids is 1. The lowest BCUT2D eigenvalue weighted by Crippen LogP contribution is -2.59. The van der Waals surface area contributed by atoms with Gasteiger partial charge in [0, 0.05) is 5.57 Å².